The Bertz CT molecular complexity index is 2470. The number of aryl methyl sites for hydroxylation is 1. The van der Waals surface area contributed by atoms with Gasteiger partial charge in [0.25, 0.3) is 0 Å². The Morgan fingerprint density at radius 1 is 1.12 bits per heavy atom. The zero-order chi connectivity index (χ0) is 39.5. The summed E-state index contributed by atoms with van der Waals surface area (Å²) in [4.78, 5) is 32.5. The fourth-order valence-electron chi connectivity index (χ4n) is 11.7. The average Bonchev–Trinajstić information content (AvgIpc) is 3.93. The van der Waals surface area contributed by atoms with E-state index in [0.717, 1.165) is 27.6 Å². The lowest BCUT2D eigenvalue weighted by Gasteiger charge is -2.59. The molecule has 9 heterocycles. The first-order valence-electron chi connectivity index (χ1n) is 19.5. The molecule has 14 nitrogen and oxygen atoms in total. The number of carbonyl (C=O) groups is 2. The number of benzene rings is 3. The van der Waals surface area contributed by atoms with Crippen molar-refractivity contribution in [1.29, 1.82) is 0 Å². The van der Waals surface area contributed by atoms with Gasteiger partial charge in [-0.05, 0) is 50.5 Å². The van der Waals surface area contributed by atoms with E-state index in [4.69, 9.17) is 33.8 Å². The second-order valence-electron chi connectivity index (χ2n) is 16.8. The van der Waals surface area contributed by atoms with E-state index >= 15 is 4.79 Å². The summed E-state index contributed by atoms with van der Waals surface area (Å²) in [6, 6.07) is 7.76. The predicted octanol–water partition coefficient (Wildman–Crippen LogP) is 4.22. The normalized spacial score (nSPS) is 33.2. The number of thioether (sulfide) groups is 1. The zero-order valence-corrected chi connectivity index (χ0v) is 33.1. The molecule has 0 amide bonds. The van der Waals surface area contributed by atoms with E-state index in [1.165, 1.54) is 18.7 Å². The molecule has 5 N–H and O–H groups in total. The molecule has 57 heavy (non-hydrogen) atoms. The molecule has 298 valence electrons. The number of nitrogens with two attached hydrogens (primary N) is 1. The van der Waals surface area contributed by atoms with Crippen LogP contribution in [0.3, 0.4) is 0 Å². The Kier molecular flexibility index (Phi) is 7.37. The first-order valence-corrected chi connectivity index (χ1v) is 20.5. The van der Waals surface area contributed by atoms with Gasteiger partial charge < -0.3 is 44.0 Å². The van der Waals surface area contributed by atoms with Crippen molar-refractivity contribution in [1.82, 2.24) is 15.1 Å². The lowest BCUT2D eigenvalue weighted by molar-refractivity contribution is -0.196. The number of ether oxygens (including phenoxy) is 5. The molecule has 3 saturated heterocycles. The van der Waals surface area contributed by atoms with Gasteiger partial charge in [0.15, 0.2) is 28.5 Å². The Labute approximate surface area is 332 Å². The summed E-state index contributed by atoms with van der Waals surface area (Å²) >= 11 is 1.49. The highest BCUT2D eigenvalue weighted by molar-refractivity contribution is 7.99. The minimum absolute atomic E-state index is 0.0542. The van der Waals surface area contributed by atoms with Crippen LogP contribution < -0.4 is 30.0 Å². The molecule has 15 heteroatoms. The van der Waals surface area contributed by atoms with Gasteiger partial charge in [0.2, 0.25) is 6.79 Å². The van der Waals surface area contributed by atoms with Crippen LogP contribution in [0, 0.1) is 13.8 Å². The maximum Gasteiger partial charge on any atom is 0.335 e. The van der Waals surface area contributed by atoms with Crippen LogP contribution in [0.4, 0.5) is 0 Å². The number of phenolic OH excluding ortho intramolecular Hbond substituents is 1. The van der Waals surface area contributed by atoms with Crippen LogP contribution in [0.25, 0.3) is 11.0 Å². The Morgan fingerprint density at radius 3 is 2.68 bits per heavy atom. The molecular formula is C42H44N4O10S. The van der Waals surface area contributed by atoms with Gasteiger partial charge in [0.05, 0.1) is 24.4 Å². The number of fused-ring (bicyclic) bond motifs is 11. The smallest absolute Gasteiger partial charge is 0.335 e. The number of para-hydroxylation sites is 1. The standard InChI is InChI=1S/C42H44N4O10S/c1-18-10-24-27(32(48)33(18)51-5)30-31-37-29-28(36-35(53-17-54-36)19(2)34(29)55-20(3)47)25(46(31)41(50)14-40(24,4)45(30)15-41)13-52-39(49)42(16-57-37)38-23(11-21(12-43)44-42)22-8-6-7-9-26(22)56-38/h6-10,21,25,30-31,37,44,48,50H,11-17,43H2,1-5H3/t21-,25-,30+,31+,37+,40?,41?,42+/m0/s1. The summed E-state index contributed by atoms with van der Waals surface area (Å²) in [6.07, 6.45) is 0.879. The molecule has 8 aliphatic heterocycles. The van der Waals surface area contributed by atoms with Crippen LogP contribution in [0.2, 0.25) is 0 Å². The highest BCUT2D eigenvalue weighted by Gasteiger charge is 2.72. The highest BCUT2D eigenvalue weighted by Crippen LogP contribution is 2.71. The summed E-state index contributed by atoms with van der Waals surface area (Å²) in [7, 11) is 1.55. The molecule has 0 saturated carbocycles. The fourth-order valence-corrected chi connectivity index (χ4v) is 13.3. The fraction of sp³-hybridized carbons (Fsp3) is 0.476. The number of piperazine rings is 1. The quantitative estimate of drug-likeness (QED) is 0.171. The number of aromatic hydroxyl groups is 1. The SMILES string of the molecule is COc1c(C)cc2c(c1O)[C@@H]1[C@@H]3[C@@H]4SC[C@]5(N[C@H](CN)Cc6c5oc5ccccc65)C(=O)OC[C@@H](c5c6c(c(C)c(OC(C)=O)c54)OCO6)N3C3(O)CN1C2(C)C3. The molecule has 1 spiro atoms. The summed E-state index contributed by atoms with van der Waals surface area (Å²) in [5, 5.41) is 29.3. The van der Waals surface area contributed by atoms with E-state index in [1.54, 1.807) is 7.11 Å². The average molecular weight is 797 g/mol. The van der Waals surface area contributed by atoms with Crippen LogP contribution in [-0.4, -0.2) is 89.1 Å². The Hall–Kier alpha value is -4.51. The van der Waals surface area contributed by atoms with Crippen LogP contribution in [-0.2, 0) is 31.8 Å². The third-order valence-corrected chi connectivity index (χ3v) is 15.2. The van der Waals surface area contributed by atoms with E-state index in [0.29, 0.717) is 63.9 Å². The number of carbonyl (C=O) groups excluding carboxylic acids is 2. The van der Waals surface area contributed by atoms with Gasteiger partial charge in [-0.25, -0.2) is 4.79 Å². The largest absolute Gasteiger partial charge is 0.504 e. The highest BCUT2D eigenvalue weighted by atomic mass is 32.2. The maximum absolute atomic E-state index is 15.0. The molecule has 1 aromatic heterocycles. The first kappa shape index (κ1) is 35.6. The van der Waals surface area contributed by atoms with Gasteiger partial charge in [-0.2, -0.15) is 0 Å². The van der Waals surface area contributed by atoms with E-state index < -0.39 is 52.1 Å². The lowest BCUT2D eigenvalue weighted by atomic mass is 9.75. The number of rotatable bonds is 3. The number of furan rings is 1. The molecule has 4 aromatic rings. The monoisotopic (exact) mass is 796 g/mol. The van der Waals surface area contributed by atoms with Crippen molar-refractivity contribution in [2.45, 2.75) is 86.8 Å². The number of nitrogens with one attached hydrogen (secondary N) is 1. The number of hydrogen-bond acceptors (Lipinski definition) is 15. The number of hydrogen-bond donors (Lipinski definition) is 4. The molecule has 8 aliphatic rings. The van der Waals surface area contributed by atoms with Crippen molar-refractivity contribution >= 4 is 34.7 Å². The zero-order valence-electron chi connectivity index (χ0n) is 32.3. The van der Waals surface area contributed by atoms with Crippen molar-refractivity contribution in [2.75, 3.05) is 39.4 Å². The summed E-state index contributed by atoms with van der Waals surface area (Å²) in [6.45, 7) is 7.55. The van der Waals surface area contributed by atoms with Gasteiger partial charge in [-0.1, -0.05) is 18.2 Å². The van der Waals surface area contributed by atoms with Crippen LogP contribution >= 0.6 is 11.8 Å². The minimum atomic E-state index is -1.45. The molecular weight excluding hydrogens is 753 g/mol. The topological polar surface area (TPSA) is 178 Å². The van der Waals surface area contributed by atoms with Crippen molar-refractivity contribution < 1.29 is 47.9 Å². The van der Waals surface area contributed by atoms with Crippen molar-refractivity contribution in [3.8, 4) is 28.7 Å². The number of nitrogens with zero attached hydrogens (tertiary/aromatic N) is 2. The van der Waals surface area contributed by atoms with Gasteiger partial charge >= 0.3 is 11.9 Å². The number of methoxy groups -OCH3 is 1. The molecule has 3 fully saturated rings. The van der Waals surface area contributed by atoms with Crippen molar-refractivity contribution in [2.24, 2.45) is 5.73 Å². The van der Waals surface area contributed by atoms with E-state index in [-0.39, 0.29) is 44.0 Å². The summed E-state index contributed by atoms with van der Waals surface area (Å²) in [5.41, 5.74) is 8.85. The van der Waals surface area contributed by atoms with Gasteiger partial charge in [-0.3, -0.25) is 19.9 Å². The van der Waals surface area contributed by atoms with Crippen LogP contribution in [0.5, 0.6) is 28.7 Å². The summed E-state index contributed by atoms with van der Waals surface area (Å²) < 4.78 is 37.5. The van der Waals surface area contributed by atoms with Crippen LogP contribution in [0.15, 0.2) is 34.7 Å². The minimum Gasteiger partial charge on any atom is -0.504 e. The molecule has 0 radical (unpaired) electrons. The second-order valence-corrected chi connectivity index (χ2v) is 17.9. The van der Waals surface area contributed by atoms with Gasteiger partial charge in [-0.15, -0.1) is 11.8 Å². The predicted molar refractivity (Wildman–Crippen MR) is 206 cm³/mol. The number of esters is 2. The van der Waals surface area contributed by atoms with E-state index in [2.05, 4.69) is 28.1 Å². The lowest BCUT2D eigenvalue weighted by Crippen LogP contribution is -2.67. The van der Waals surface area contributed by atoms with Crippen molar-refractivity contribution in [3.05, 3.63) is 75.0 Å². The van der Waals surface area contributed by atoms with Gasteiger partial charge in [0.1, 0.15) is 29.4 Å². The number of aliphatic hydroxyl groups is 1. The third kappa shape index (κ3) is 4.39. The van der Waals surface area contributed by atoms with Crippen LogP contribution in [0.1, 0.15) is 82.3 Å². The Morgan fingerprint density at radius 2 is 1.91 bits per heavy atom. The summed E-state index contributed by atoms with van der Waals surface area (Å²) in [5.74, 6) is 1.30. The molecule has 8 atom stereocenters. The molecule has 3 aromatic carbocycles. The maximum atomic E-state index is 15.0. The van der Waals surface area contributed by atoms with Crippen molar-refractivity contribution in [3.63, 3.8) is 0 Å². The molecule has 0 aliphatic carbocycles. The van der Waals surface area contributed by atoms with E-state index in [9.17, 15) is 15.0 Å². The van der Waals surface area contributed by atoms with Gasteiger partial charge in [0, 0.05) is 83.0 Å². The van der Waals surface area contributed by atoms with E-state index in [1.807, 2.05) is 38.1 Å². The molecule has 2 unspecified atom stereocenters. The number of phenols is 1. The molecule has 4 bridgehead atoms. The second kappa shape index (κ2) is 11.8. The molecule has 12 rings (SSSR count). The first-order chi connectivity index (χ1) is 27.3. The third-order valence-electron chi connectivity index (χ3n) is 13.8. The Balaban J connectivity index is 1.19.